The van der Waals surface area contributed by atoms with Crippen LogP contribution in [0.2, 0.25) is 0 Å². The van der Waals surface area contributed by atoms with Gasteiger partial charge >= 0.3 is 6.36 Å². The summed E-state index contributed by atoms with van der Waals surface area (Å²) in [4.78, 5) is 20.7. The Morgan fingerprint density at radius 3 is 2.37 bits per heavy atom. The Morgan fingerprint density at radius 1 is 0.927 bits per heavy atom. The second kappa shape index (κ2) is 11.4. The van der Waals surface area contributed by atoms with Gasteiger partial charge in [-0.2, -0.15) is 0 Å². The molecule has 2 aromatic heterocycles. The number of hydrogen-bond donors (Lipinski definition) is 2. The van der Waals surface area contributed by atoms with Crippen molar-refractivity contribution < 1.29 is 35.9 Å². The molecular weight excluding hydrogens is 548 g/mol. The third-order valence-electron chi connectivity index (χ3n) is 6.35. The Morgan fingerprint density at radius 2 is 1.66 bits per heavy atom. The van der Waals surface area contributed by atoms with Crippen molar-refractivity contribution in [3.8, 4) is 16.9 Å². The number of nitrogens with zero attached hydrogens (tertiary/aromatic N) is 1. The zero-order chi connectivity index (χ0) is 29.1. The van der Waals surface area contributed by atoms with E-state index < -0.39 is 41.5 Å². The summed E-state index contributed by atoms with van der Waals surface area (Å²) in [5.74, 6) is -2.95. The van der Waals surface area contributed by atoms with Crippen molar-refractivity contribution in [2.75, 3.05) is 0 Å². The van der Waals surface area contributed by atoms with Crippen molar-refractivity contribution >= 4 is 16.8 Å². The molecule has 3 aromatic carbocycles. The Hall–Kier alpha value is -4.80. The molecule has 0 aliphatic heterocycles. The smallest absolute Gasteiger partial charge is 0.406 e. The van der Waals surface area contributed by atoms with Gasteiger partial charge in [0, 0.05) is 34.9 Å². The predicted octanol–water partition coefficient (Wildman–Crippen LogP) is 7.19. The number of fused-ring (bicyclic) bond motifs is 1. The summed E-state index contributed by atoms with van der Waals surface area (Å²) in [6.07, 6.45) is -1.98. The highest BCUT2D eigenvalue weighted by atomic mass is 19.4. The lowest BCUT2D eigenvalue weighted by Gasteiger charge is -2.22. The average Bonchev–Trinajstić information content (AvgIpc) is 3.28. The highest BCUT2D eigenvalue weighted by Gasteiger charge is 2.31. The number of halogens is 6. The molecule has 1 amide bonds. The second-order valence-electron chi connectivity index (χ2n) is 9.29. The molecular formula is C30H21F6N3O2. The lowest BCUT2D eigenvalue weighted by Crippen LogP contribution is -2.32. The number of carbonyl (C=O) groups excluding carboxylic acids is 1. The SMILES string of the molecule is O=C(Cc1c[nH]c2ccc(F)cc12)NC(Cc1cc(F)cc(F)c1)c1ncccc1-c1ccc(OC(F)(F)F)cc1. The zero-order valence-corrected chi connectivity index (χ0v) is 21.1. The van der Waals surface area contributed by atoms with E-state index in [9.17, 15) is 31.1 Å². The van der Waals surface area contributed by atoms with Gasteiger partial charge in [0.05, 0.1) is 18.2 Å². The van der Waals surface area contributed by atoms with Crippen LogP contribution in [0.25, 0.3) is 22.0 Å². The average molecular weight is 570 g/mol. The topological polar surface area (TPSA) is 67.0 Å². The number of carbonyl (C=O) groups is 1. The Kier molecular flexibility index (Phi) is 7.69. The molecule has 0 radical (unpaired) electrons. The van der Waals surface area contributed by atoms with Gasteiger partial charge in [-0.3, -0.25) is 9.78 Å². The van der Waals surface area contributed by atoms with E-state index in [4.69, 9.17) is 0 Å². The molecule has 2 heterocycles. The van der Waals surface area contributed by atoms with Crippen LogP contribution in [0.1, 0.15) is 22.9 Å². The molecule has 210 valence electrons. The molecule has 1 unspecified atom stereocenters. The van der Waals surface area contributed by atoms with E-state index in [0.717, 1.165) is 30.3 Å². The number of benzene rings is 3. The van der Waals surface area contributed by atoms with E-state index in [0.29, 0.717) is 33.3 Å². The van der Waals surface area contributed by atoms with Crippen molar-refractivity contribution in [2.45, 2.75) is 25.2 Å². The zero-order valence-electron chi connectivity index (χ0n) is 21.1. The fourth-order valence-electron chi connectivity index (χ4n) is 4.67. The Balaban J connectivity index is 1.48. The standard InChI is InChI=1S/C30H21F6N3O2/c31-20-5-8-26-25(15-20)19(16-38-26)13-28(40)39-27(12-17-10-21(32)14-22(33)11-17)29-24(2-1-9-37-29)18-3-6-23(7-4-18)41-30(34,35)36/h1-11,14-16,27,38H,12-13H2,(H,39,40). The Bertz CT molecular complexity index is 1680. The normalized spacial score (nSPS) is 12.3. The van der Waals surface area contributed by atoms with Gasteiger partial charge in [-0.05, 0) is 71.6 Å². The maximum absolute atomic E-state index is 14.0. The summed E-state index contributed by atoms with van der Waals surface area (Å²) < 4.78 is 83.6. The first-order valence-electron chi connectivity index (χ1n) is 12.3. The lowest BCUT2D eigenvalue weighted by molar-refractivity contribution is -0.274. The maximum atomic E-state index is 14.0. The molecule has 0 fully saturated rings. The maximum Gasteiger partial charge on any atom is 0.573 e. The summed E-state index contributed by atoms with van der Waals surface area (Å²) in [5.41, 5.74) is 2.69. The fourth-order valence-corrected chi connectivity index (χ4v) is 4.67. The third-order valence-corrected chi connectivity index (χ3v) is 6.35. The van der Waals surface area contributed by atoms with Crippen molar-refractivity contribution in [3.63, 3.8) is 0 Å². The van der Waals surface area contributed by atoms with Crippen molar-refractivity contribution in [3.05, 3.63) is 119 Å². The van der Waals surface area contributed by atoms with Gasteiger partial charge in [-0.25, -0.2) is 13.2 Å². The van der Waals surface area contributed by atoms with Gasteiger partial charge in [0.1, 0.15) is 23.2 Å². The third kappa shape index (κ3) is 6.86. The monoisotopic (exact) mass is 569 g/mol. The van der Waals surface area contributed by atoms with E-state index in [1.807, 2.05) is 0 Å². The first-order chi connectivity index (χ1) is 19.5. The number of aromatic amines is 1. The van der Waals surface area contributed by atoms with E-state index in [1.165, 1.54) is 30.5 Å². The minimum Gasteiger partial charge on any atom is -0.406 e. The van der Waals surface area contributed by atoms with Gasteiger partial charge in [0.25, 0.3) is 0 Å². The number of amides is 1. The number of pyridine rings is 1. The summed E-state index contributed by atoms with van der Waals surface area (Å²) in [6.45, 7) is 0. The molecule has 0 saturated heterocycles. The number of nitrogens with one attached hydrogen (secondary N) is 2. The van der Waals surface area contributed by atoms with Crippen LogP contribution in [-0.4, -0.2) is 22.2 Å². The van der Waals surface area contributed by atoms with Crippen molar-refractivity contribution in [1.29, 1.82) is 0 Å². The molecule has 0 bridgehead atoms. The highest BCUT2D eigenvalue weighted by Crippen LogP contribution is 2.32. The molecule has 1 atom stereocenters. The van der Waals surface area contributed by atoms with Gasteiger partial charge in [0.15, 0.2) is 0 Å². The van der Waals surface area contributed by atoms with Crippen molar-refractivity contribution in [2.24, 2.45) is 0 Å². The van der Waals surface area contributed by atoms with Crippen LogP contribution >= 0.6 is 0 Å². The van der Waals surface area contributed by atoms with Crippen LogP contribution < -0.4 is 10.1 Å². The minimum atomic E-state index is -4.85. The molecule has 41 heavy (non-hydrogen) atoms. The van der Waals surface area contributed by atoms with Crippen molar-refractivity contribution in [1.82, 2.24) is 15.3 Å². The predicted molar refractivity (Wildman–Crippen MR) is 139 cm³/mol. The highest BCUT2D eigenvalue weighted by molar-refractivity contribution is 5.89. The van der Waals surface area contributed by atoms with E-state index in [2.05, 4.69) is 20.0 Å². The number of alkyl halides is 3. The molecule has 0 saturated carbocycles. The molecule has 11 heteroatoms. The van der Waals surface area contributed by atoms with Gasteiger partial charge < -0.3 is 15.0 Å². The minimum absolute atomic E-state index is 0.0534. The first-order valence-corrected chi connectivity index (χ1v) is 12.3. The Labute approximate surface area is 229 Å². The summed E-state index contributed by atoms with van der Waals surface area (Å²) >= 11 is 0. The number of ether oxygens (including phenoxy) is 1. The quantitative estimate of drug-likeness (QED) is 0.195. The van der Waals surface area contributed by atoms with Crippen LogP contribution in [0.5, 0.6) is 5.75 Å². The number of H-pyrrole nitrogens is 1. The van der Waals surface area contributed by atoms with Gasteiger partial charge in [0.2, 0.25) is 5.91 Å². The number of rotatable bonds is 8. The van der Waals surface area contributed by atoms with Crippen LogP contribution in [0.15, 0.2) is 85.2 Å². The van der Waals surface area contributed by atoms with E-state index in [1.54, 1.807) is 24.4 Å². The second-order valence-corrected chi connectivity index (χ2v) is 9.29. The molecule has 5 aromatic rings. The van der Waals surface area contributed by atoms with Gasteiger partial charge in [-0.1, -0.05) is 18.2 Å². The largest absolute Gasteiger partial charge is 0.573 e. The molecule has 0 aliphatic carbocycles. The summed E-state index contributed by atoms with van der Waals surface area (Å²) in [5, 5.41) is 3.39. The first kappa shape index (κ1) is 27.8. The van der Waals surface area contributed by atoms with Crippen LogP contribution in [0.4, 0.5) is 26.3 Å². The molecule has 0 spiro atoms. The number of hydrogen-bond acceptors (Lipinski definition) is 3. The van der Waals surface area contributed by atoms with Crippen LogP contribution in [0.3, 0.4) is 0 Å². The van der Waals surface area contributed by atoms with Crippen LogP contribution in [-0.2, 0) is 17.6 Å². The van der Waals surface area contributed by atoms with E-state index in [-0.39, 0.29) is 18.4 Å². The van der Waals surface area contributed by atoms with Gasteiger partial charge in [-0.15, -0.1) is 13.2 Å². The molecule has 5 rings (SSSR count). The van der Waals surface area contributed by atoms with Crippen LogP contribution in [0, 0.1) is 17.5 Å². The van der Waals surface area contributed by atoms with E-state index >= 15 is 0 Å². The number of aromatic nitrogens is 2. The lowest BCUT2D eigenvalue weighted by atomic mass is 9.95. The fraction of sp³-hybridized carbons (Fsp3) is 0.133. The molecule has 5 nitrogen and oxygen atoms in total. The molecule has 2 N–H and O–H groups in total. The summed E-state index contributed by atoms with van der Waals surface area (Å²) in [7, 11) is 0. The molecule has 0 aliphatic rings. The summed E-state index contributed by atoms with van der Waals surface area (Å²) in [6, 6.07) is 14.6.